The molecule has 10 nitrogen and oxygen atoms in total. The number of fused-ring (bicyclic) bond motifs is 1. The molecular weight excluding hydrogens is 455 g/mol. The highest BCUT2D eigenvalue weighted by atomic mass is 31.2. The Labute approximate surface area is 198 Å². The third-order valence-corrected chi connectivity index (χ3v) is 5.74. The topological polar surface area (TPSA) is 118 Å². The molecule has 4 aromatic rings. The summed E-state index contributed by atoms with van der Waals surface area (Å²) >= 11 is 0. The van der Waals surface area contributed by atoms with Gasteiger partial charge in [-0.15, -0.1) is 0 Å². The van der Waals surface area contributed by atoms with Crippen LogP contribution in [-0.2, 0) is 12.7 Å². The van der Waals surface area contributed by atoms with E-state index in [1.54, 1.807) is 31.6 Å². The average molecular weight is 480 g/mol. The van der Waals surface area contributed by atoms with E-state index in [0.29, 0.717) is 35.1 Å². The van der Waals surface area contributed by atoms with Crippen LogP contribution in [0.1, 0.15) is 11.1 Å². The van der Waals surface area contributed by atoms with Crippen molar-refractivity contribution < 1.29 is 19.3 Å². The number of aliphatic imine (C=N–C) groups is 1. The molecule has 0 bridgehead atoms. The van der Waals surface area contributed by atoms with Gasteiger partial charge in [0.25, 0.3) is 0 Å². The second kappa shape index (κ2) is 10.6. The molecule has 4 rings (SSSR count). The summed E-state index contributed by atoms with van der Waals surface area (Å²) in [5.74, 6) is 1.73. The summed E-state index contributed by atoms with van der Waals surface area (Å²) in [6.45, 7) is 0.626. The van der Waals surface area contributed by atoms with Crippen molar-refractivity contribution in [2.75, 3.05) is 21.3 Å². The molecule has 0 saturated carbocycles. The van der Waals surface area contributed by atoms with Gasteiger partial charge in [-0.1, -0.05) is 24.3 Å². The van der Waals surface area contributed by atoms with Crippen LogP contribution in [0, 0.1) is 0 Å². The number of methoxy groups -OCH3 is 2. The lowest BCUT2D eigenvalue weighted by Crippen LogP contribution is -2.15. The molecule has 34 heavy (non-hydrogen) atoms. The largest absolute Gasteiger partial charge is 0.493 e. The smallest absolute Gasteiger partial charge is 0.181 e. The molecule has 0 radical (unpaired) electrons. The van der Waals surface area contributed by atoms with Crippen molar-refractivity contribution in [1.29, 1.82) is 0 Å². The van der Waals surface area contributed by atoms with E-state index in [2.05, 4.69) is 15.1 Å². The summed E-state index contributed by atoms with van der Waals surface area (Å²) in [4.78, 5) is 33.8. The lowest BCUT2D eigenvalue weighted by atomic mass is 10.1. The first-order valence-electron chi connectivity index (χ1n) is 10.4. The number of ether oxygens (including phenoxy) is 2. The number of hydrogen-bond donors (Lipinski definition) is 2. The van der Waals surface area contributed by atoms with Crippen molar-refractivity contribution in [3.05, 3.63) is 66.2 Å². The zero-order chi connectivity index (χ0) is 24.1. The average Bonchev–Trinajstić information content (AvgIpc) is 3.37. The number of nitrogens with zero attached hydrogens (tertiary/aromatic N) is 6. The Balaban J connectivity index is 1.62. The van der Waals surface area contributed by atoms with E-state index in [4.69, 9.17) is 14.5 Å². The molecule has 0 unspecified atom stereocenters. The fourth-order valence-corrected chi connectivity index (χ4v) is 4.00. The fraction of sp³-hybridized carbons (Fsp3) is 0.217. The van der Waals surface area contributed by atoms with E-state index in [9.17, 15) is 9.79 Å². The van der Waals surface area contributed by atoms with Gasteiger partial charge in [0.15, 0.2) is 25.7 Å². The minimum atomic E-state index is -1.94. The normalized spacial score (nSPS) is 11.5. The molecule has 0 aliphatic rings. The molecule has 0 atom stereocenters. The van der Waals surface area contributed by atoms with Crippen molar-refractivity contribution in [2.45, 2.75) is 12.7 Å². The minimum Gasteiger partial charge on any atom is -0.493 e. The summed E-state index contributed by atoms with van der Waals surface area (Å²) in [7, 11) is 3.17. The zero-order valence-corrected chi connectivity index (χ0v) is 19.9. The maximum absolute atomic E-state index is 9.18. The molecule has 0 aliphatic carbocycles. The standard InChI is InChI=1S/C23H25N6O4P/c1-28(11-16-4-6-17(7-5-16)12-34(30)31)15-25-20-8-18-9-21(32-2)22(33-3)10-19(18)27-23(20)29-14-24-13-26-29/h4-10,13-15,30-31H,11-12H2,1-3H3. The number of rotatable bonds is 9. The van der Waals surface area contributed by atoms with Crippen LogP contribution in [-0.4, -0.2) is 62.0 Å². The predicted molar refractivity (Wildman–Crippen MR) is 131 cm³/mol. The van der Waals surface area contributed by atoms with Crippen molar-refractivity contribution in [3.63, 3.8) is 0 Å². The van der Waals surface area contributed by atoms with Gasteiger partial charge in [-0.25, -0.2) is 19.6 Å². The Bertz CT molecular complexity index is 1280. The van der Waals surface area contributed by atoms with Gasteiger partial charge < -0.3 is 24.2 Å². The van der Waals surface area contributed by atoms with Crippen molar-refractivity contribution in [1.82, 2.24) is 24.6 Å². The van der Waals surface area contributed by atoms with Gasteiger partial charge in [0.1, 0.15) is 18.3 Å². The van der Waals surface area contributed by atoms with Crippen LogP contribution in [0.3, 0.4) is 0 Å². The fourth-order valence-electron chi connectivity index (χ4n) is 3.46. The predicted octanol–water partition coefficient (Wildman–Crippen LogP) is 3.42. The van der Waals surface area contributed by atoms with Gasteiger partial charge in [0.2, 0.25) is 0 Å². The third kappa shape index (κ3) is 5.48. The van der Waals surface area contributed by atoms with Gasteiger partial charge in [0, 0.05) is 31.2 Å². The first-order chi connectivity index (χ1) is 16.5. The number of benzene rings is 2. The maximum atomic E-state index is 9.18. The Morgan fingerprint density at radius 2 is 1.76 bits per heavy atom. The highest BCUT2D eigenvalue weighted by Crippen LogP contribution is 2.34. The second-order valence-corrected chi connectivity index (χ2v) is 8.64. The summed E-state index contributed by atoms with van der Waals surface area (Å²) in [6.07, 6.45) is 5.02. The highest BCUT2D eigenvalue weighted by molar-refractivity contribution is 7.44. The van der Waals surface area contributed by atoms with Crippen molar-refractivity contribution >= 4 is 31.3 Å². The maximum Gasteiger partial charge on any atom is 0.181 e. The summed E-state index contributed by atoms with van der Waals surface area (Å²) < 4.78 is 12.4. The monoisotopic (exact) mass is 480 g/mol. The van der Waals surface area contributed by atoms with Crippen LogP contribution in [0.4, 0.5) is 5.69 Å². The second-order valence-electron chi connectivity index (χ2n) is 7.58. The SMILES string of the molecule is COc1cc2cc(N=CN(C)Cc3ccc(CP(O)O)cc3)c(-n3cncn3)nc2cc1OC. The molecule has 0 spiro atoms. The lowest BCUT2D eigenvalue weighted by Gasteiger charge is -2.15. The molecule has 11 heteroatoms. The molecule has 2 aromatic carbocycles. The van der Waals surface area contributed by atoms with E-state index < -0.39 is 8.38 Å². The van der Waals surface area contributed by atoms with E-state index >= 15 is 0 Å². The molecular formula is C23H25N6O4P. The molecule has 0 aliphatic heterocycles. The molecule has 2 heterocycles. The molecule has 176 valence electrons. The Kier molecular flexibility index (Phi) is 7.32. The summed E-state index contributed by atoms with van der Waals surface area (Å²) in [5.41, 5.74) is 3.29. The molecule has 2 N–H and O–H groups in total. The zero-order valence-electron chi connectivity index (χ0n) is 19.0. The number of pyridine rings is 1. The van der Waals surface area contributed by atoms with Crippen LogP contribution in [0.25, 0.3) is 16.7 Å². The van der Waals surface area contributed by atoms with E-state index in [0.717, 1.165) is 16.5 Å². The number of hydrogen-bond acceptors (Lipinski definition) is 8. The van der Waals surface area contributed by atoms with Crippen LogP contribution >= 0.6 is 8.38 Å². The minimum absolute atomic E-state index is 0.267. The lowest BCUT2D eigenvalue weighted by molar-refractivity contribution is 0.356. The molecule has 0 fully saturated rings. The molecule has 2 aromatic heterocycles. The van der Waals surface area contributed by atoms with Gasteiger partial charge in [-0.3, -0.25) is 0 Å². The third-order valence-electron chi connectivity index (χ3n) is 5.09. The van der Waals surface area contributed by atoms with Crippen LogP contribution in [0.2, 0.25) is 0 Å². The van der Waals surface area contributed by atoms with Crippen molar-refractivity contribution in [3.8, 4) is 17.3 Å². The Hall–Kier alpha value is -3.59. The van der Waals surface area contributed by atoms with E-state index in [-0.39, 0.29) is 6.16 Å². The first kappa shape index (κ1) is 23.6. The van der Waals surface area contributed by atoms with Gasteiger partial charge in [0.05, 0.1) is 26.1 Å². The van der Waals surface area contributed by atoms with Crippen LogP contribution in [0.5, 0.6) is 11.5 Å². The number of aromatic nitrogens is 4. The van der Waals surface area contributed by atoms with E-state index in [1.165, 1.54) is 6.33 Å². The van der Waals surface area contributed by atoms with E-state index in [1.807, 2.05) is 54.4 Å². The van der Waals surface area contributed by atoms with Gasteiger partial charge in [-0.05, 0) is 23.3 Å². The quantitative estimate of drug-likeness (QED) is 0.213. The van der Waals surface area contributed by atoms with Gasteiger partial charge >= 0.3 is 0 Å². The Morgan fingerprint density at radius 3 is 2.41 bits per heavy atom. The van der Waals surface area contributed by atoms with Crippen LogP contribution in [0.15, 0.2) is 60.1 Å². The highest BCUT2D eigenvalue weighted by Gasteiger charge is 2.13. The first-order valence-corrected chi connectivity index (χ1v) is 11.8. The summed E-state index contributed by atoms with van der Waals surface area (Å²) in [5, 5.41) is 5.07. The van der Waals surface area contributed by atoms with Crippen LogP contribution < -0.4 is 9.47 Å². The Morgan fingerprint density at radius 1 is 1.06 bits per heavy atom. The van der Waals surface area contributed by atoms with Crippen molar-refractivity contribution in [2.24, 2.45) is 4.99 Å². The molecule has 0 amide bonds. The summed E-state index contributed by atoms with van der Waals surface area (Å²) in [6, 6.07) is 13.3. The molecule has 0 saturated heterocycles. The van der Waals surface area contributed by atoms with Gasteiger partial charge in [-0.2, -0.15) is 5.10 Å².